The Hall–Kier alpha value is -3.02. The van der Waals surface area contributed by atoms with Gasteiger partial charge in [0.15, 0.2) is 0 Å². The van der Waals surface area contributed by atoms with Crippen LogP contribution >= 0.6 is 0 Å². The molecule has 0 aliphatic heterocycles. The van der Waals surface area contributed by atoms with Crippen molar-refractivity contribution in [1.29, 1.82) is 0 Å². The third-order valence-corrected chi connectivity index (χ3v) is 4.23. The van der Waals surface area contributed by atoms with Gasteiger partial charge in [0, 0.05) is 32.5 Å². The lowest BCUT2D eigenvalue weighted by molar-refractivity contribution is -0.129. The number of rotatable bonds is 8. The third kappa shape index (κ3) is 6.02. The van der Waals surface area contributed by atoms with Gasteiger partial charge in [-0.05, 0) is 24.6 Å². The van der Waals surface area contributed by atoms with Crippen LogP contribution in [-0.2, 0) is 16.1 Å². The molecule has 2 rings (SSSR count). The van der Waals surface area contributed by atoms with Crippen molar-refractivity contribution in [3.8, 4) is 11.5 Å². The van der Waals surface area contributed by atoms with Crippen LogP contribution in [0.1, 0.15) is 24.5 Å². The summed E-state index contributed by atoms with van der Waals surface area (Å²) in [5, 5.41) is 2.82. The molecule has 0 heterocycles. The van der Waals surface area contributed by atoms with Gasteiger partial charge in [0.2, 0.25) is 11.8 Å². The molecule has 27 heavy (non-hydrogen) atoms. The maximum Gasteiger partial charge on any atom is 0.226 e. The molecule has 0 aromatic heterocycles. The van der Waals surface area contributed by atoms with Crippen molar-refractivity contribution in [3.05, 3.63) is 53.6 Å². The average Bonchev–Trinajstić information content (AvgIpc) is 2.66. The Balaban J connectivity index is 1.95. The Kier molecular flexibility index (Phi) is 7.23. The normalized spacial score (nSPS) is 10.2. The number of carbonyl (C=O) groups excluding carboxylic acids is 2. The van der Waals surface area contributed by atoms with E-state index in [0.29, 0.717) is 30.3 Å². The molecule has 0 unspecified atom stereocenters. The van der Waals surface area contributed by atoms with Gasteiger partial charge in [0.1, 0.15) is 11.5 Å². The van der Waals surface area contributed by atoms with Crippen LogP contribution in [0.4, 0.5) is 5.69 Å². The number of carbonyl (C=O) groups is 2. The summed E-state index contributed by atoms with van der Waals surface area (Å²) >= 11 is 0. The second-order valence-corrected chi connectivity index (χ2v) is 6.29. The van der Waals surface area contributed by atoms with Gasteiger partial charge in [-0.1, -0.05) is 29.8 Å². The molecule has 0 saturated carbocycles. The van der Waals surface area contributed by atoms with Gasteiger partial charge in [-0.3, -0.25) is 9.59 Å². The number of anilines is 1. The van der Waals surface area contributed by atoms with E-state index in [9.17, 15) is 9.59 Å². The summed E-state index contributed by atoms with van der Waals surface area (Å²) in [6, 6.07) is 13.2. The minimum absolute atomic E-state index is 0.0644. The summed E-state index contributed by atoms with van der Waals surface area (Å²) < 4.78 is 10.4. The zero-order chi connectivity index (χ0) is 19.8. The molecule has 0 bridgehead atoms. The molecule has 0 atom stereocenters. The van der Waals surface area contributed by atoms with Crippen LogP contribution in [0.25, 0.3) is 0 Å². The second kappa shape index (κ2) is 9.62. The van der Waals surface area contributed by atoms with Crippen LogP contribution in [0.2, 0.25) is 0 Å². The van der Waals surface area contributed by atoms with Gasteiger partial charge >= 0.3 is 0 Å². The molecule has 0 aliphatic rings. The lowest BCUT2D eigenvalue weighted by atomic mass is 10.1. The number of hydrogen-bond acceptors (Lipinski definition) is 4. The molecule has 0 fully saturated rings. The highest BCUT2D eigenvalue weighted by atomic mass is 16.5. The zero-order valence-corrected chi connectivity index (χ0v) is 16.2. The Bertz CT molecular complexity index is 787. The lowest BCUT2D eigenvalue weighted by Gasteiger charge is -2.21. The molecule has 2 amide bonds. The van der Waals surface area contributed by atoms with Gasteiger partial charge in [-0.15, -0.1) is 0 Å². The fraction of sp³-hybridized carbons (Fsp3) is 0.333. The number of aryl methyl sites for hydroxylation is 1. The molecular formula is C21H26N2O4. The van der Waals surface area contributed by atoms with Crippen molar-refractivity contribution < 1.29 is 19.1 Å². The molecule has 0 saturated heterocycles. The molecule has 2 aromatic carbocycles. The van der Waals surface area contributed by atoms with Crippen LogP contribution < -0.4 is 14.8 Å². The Labute approximate surface area is 160 Å². The third-order valence-electron chi connectivity index (χ3n) is 4.23. The first-order valence-corrected chi connectivity index (χ1v) is 8.76. The quantitative estimate of drug-likeness (QED) is 0.773. The SMILES string of the molecule is COc1ccc(NC(=O)CCN(Cc2ccc(C)cc2)C(C)=O)c(OC)c1. The van der Waals surface area contributed by atoms with Gasteiger partial charge in [0.25, 0.3) is 0 Å². The van der Waals surface area contributed by atoms with Crippen LogP contribution in [0, 0.1) is 6.92 Å². The molecule has 6 heteroatoms. The fourth-order valence-corrected chi connectivity index (χ4v) is 2.61. The van der Waals surface area contributed by atoms with E-state index in [1.54, 1.807) is 30.2 Å². The lowest BCUT2D eigenvalue weighted by Crippen LogP contribution is -2.31. The summed E-state index contributed by atoms with van der Waals surface area (Å²) in [6.45, 7) is 4.35. The van der Waals surface area contributed by atoms with E-state index in [4.69, 9.17) is 9.47 Å². The monoisotopic (exact) mass is 370 g/mol. The molecule has 6 nitrogen and oxygen atoms in total. The first-order valence-electron chi connectivity index (χ1n) is 8.76. The highest BCUT2D eigenvalue weighted by Crippen LogP contribution is 2.29. The first-order chi connectivity index (χ1) is 12.9. The highest BCUT2D eigenvalue weighted by molar-refractivity contribution is 5.92. The minimum Gasteiger partial charge on any atom is -0.497 e. The van der Waals surface area contributed by atoms with Gasteiger partial charge in [-0.25, -0.2) is 0 Å². The van der Waals surface area contributed by atoms with E-state index in [0.717, 1.165) is 5.56 Å². The molecule has 2 aromatic rings. The van der Waals surface area contributed by atoms with E-state index in [1.807, 2.05) is 31.2 Å². The number of amides is 2. The largest absolute Gasteiger partial charge is 0.497 e. The van der Waals surface area contributed by atoms with Crippen molar-refractivity contribution in [2.45, 2.75) is 26.8 Å². The van der Waals surface area contributed by atoms with E-state index >= 15 is 0 Å². The van der Waals surface area contributed by atoms with Crippen molar-refractivity contribution in [1.82, 2.24) is 4.90 Å². The number of benzene rings is 2. The smallest absolute Gasteiger partial charge is 0.226 e. The summed E-state index contributed by atoms with van der Waals surface area (Å²) in [5.74, 6) is 0.913. The molecule has 144 valence electrons. The number of methoxy groups -OCH3 is 2. The van der Waals surface area contributed by atoms with Crippen LogP contribution in [-0.4, -0.2) is 37.5 Å². The van der Waals surface area contributed by atoms with Crippen LogP contribution in [0.5, 0.6) is 11.5 Å². The summed E-state index contributed by atoms with van der Waals surface area (Å²) in [5.41, 5.74) is 2.77. The maximum atomic E-state index is 12.3. The van der Waals surface area contributed by atoms with E-state index < -0.39 is 0 Å². The second-order valence-electron chi connectivity index (χ2n) is 6.29. The Morgan fingerprint density at radius 1 is 1.04 bits per heavy atom. The van der Waals surface area contributed by atoms with Crippen molar-refractivity contribution >= 4 is 17.5 Å². The standard InChI is InChI=1S/C21H26N2O4/c1-15-5-7-17(8-6-15)14-23(16(2)24)12-11-21(25)22-19-10-9-18(26-3)13-20(19)27-4/h5-10,13H,11-12,14H2,1-4H3,(H,22,25). The Morgan fingerprint density at radius 2 is 1.74 bits per heavy atom. The van der Waals surface area contributed by atoms with Crippen LogP contribution in [0.15, 0.2) is 42.5 Å². The predicted molar refractivity (Wildman–Crippen MR) is 105 cm³/mol. The van der Waals surface area contributed by atoms with Crippen molar-refractivity contribution in [3.63, 3.8) is 0 Å². The number of nitrogens with zero attached hydrogens (tertiary/aromatic N) is 1. The van der Waals surface area contributed by atoms with Crippen molar-refractivity contribution in [2.24, 2.45) is 0 Å². The first kappa shape index (κ1) is 20.3. The molecule has 0 radical (unpaired) electrons. The van der Waals surface area contributed by atoms with Crippen LogP contribution in [0.3, 0.4) is 0 Å². The topological polar surface area (TPSA) is 67.9 Å². The summed E-state index contributed by atoms with van der Waals surface area (Å²) in [6.07, 6.45) is 0.195. The summed E-state index contributed by atoms with van der Waals surface area (Å²) in [7, 11) is 3.10. The average molecular weight is 370 g/mol. The predicted octanol–water partition coefficient (Wildman–Crippen LogP) is 3.39. The van der Waals surface area contributed by atoms with E-state index in [1.165, 1.54) is 19.6 Å². The van der Waals surface area contributed by atoms with E-state index in [-0.39, 0.29) is 18.2 Å². The number of nitrogens with one attached hydrogen (secondary N) is 1. The molecular weight excluding hydrogens is 344 g/mol. The summed E-state index contributed by atoms with van der Waals surface area (Å²) in [4.78, 5) is 25.9. The van der Waals surface area contributed by atoms with Gasteiger partial charge in [0.05, 0.1) is 19.9 Å². The molecule has 0 aliphatic carbocycles. The minimum atomic E-state index is -0.186. The number of ether oxygens (including phenoxy) is 2. The fourth-order valence-electron chi connectivity index (χ4n) is 2.61. The Morgan fingerprint density at radius 3 is 2.33 bits per heavy atom. The van der Waals surface area contributed by atoms with E-state index in [2.05, 4.69) is 5.32 Å². The number of hydrogen-bond donors (Lipinski definition) is 1. The molecule has 0 spiro atoms. The zero-order valence-electron chi connectivity index (χ0n) is 16.2. The van der Waals surface area contributed by atoms with Gasteiger partial charge < -0.3 is 19.7 Å². The maximum absolute atomic E-state index is 12.3. The highest BCUT2D eigenvalue weighted by Gasteiger charge is 2.14. The molecule has 1 N–H and O–H groups in total. The van der Waals surface area contributed by atoms with Gasteiger partial charge in [-0.2, -0.15) is 0 Å². The van der Waals surface area contributed by atoms with Crippen molar-refractivity contribution in [2.75, 3.05) is 26.1 Å².